The van der Waals surface area contributed by atoms with Crippen molar-refractivity contribution in [1.82, 2.24) is 5.32 Å². The van der Waals surface area contributed by atoms with Crippen LogP contribution in [0.2, 0.25) is 0 Å². The van der Waals surface area contributed by atoms with Gasteiger partial charge >= 0.3 is 0 Å². The number of carbonyl (C=O) groups is 1. The summed E-state index contributed by atoms with van der Waals surface area (Å²) in [6, 6.07) is 0.729. The lowest BCUT2D eigenvalue weighted by Gasteiger charge is -2.26. The van der Waals surface area contributed by atoms with E-state index >= 15 is 0 Å². The zero-order valence-electron chi connectivity index (χ0n) is 9.18. The molecule has 0 aromatic carbocycles. The molecule has 1 rings (SSSR count). The van der Waals surface area contributed by atoms with Crippen molar-refractivity contribution < 1.29 is 4.79 Å². The number of nitrogens with two attached hydrogens (primary N) is 1. The number of alkyl halides is 1. The summed E-state index contributed by atoms with van der Waals surface area (Å²) in [6.07, 6.45) is 6.90. The van der Waals surface area contributed by atoms with Crippen molar-refractivity contribution in [2.45, 2.75) is 57.0 Å². The van der Waals surface area contributed by atoms with E-state index in [1.54, 1.807) is 0 Å². The highest BCUT2D eigenvalue weighted by molar-refractivity contribution is 9.09. The molecule has 0 aliphatic heterocycles. The number of hydrogen-bond acceptors (Lipinski definition) is 2. The highest BCUT2D eigenvalue weighted by atomic mass is 79.9. The maximum absolute atomic E-state index is 11.5. The van der Waals surface area contributed by atoms with Crippen molar-refractivity contribution in [2.24, 2.45) is 5.73 Å². The molecule has 0 aromatic rings. The van der Waals surface area contributed by atoms with E-state index in [2.05, 4.69) is 21.2 Å². The van der Waals surface area contributed by atoms with Gasteiger partial charge in [0.15, 0.2) is 0 Å². The Morgan fingerprint density at radius 2 is 1.93 bits per heavy atom. The number of rotatable bonds is 5. The number of unbranched alkanes of at least 4 members (excludes halogenated alkanes) is 1. The summed E-state index contributed by atoms with van der Waals surface area (Å²) in [6.45, 7) is 0. The molecule has 0 saturated heterocycles. The molecule has 0 radical (unpaired) electrons. The molecule has 15 heavy (non-hydrogen) atoms. The first kappa shape index (κ1) is 13.0. The molecule has 0 spiro atoms. The molecule has 88 valence electrons. The molecular weight excluding hydrogens is 256 g/mol. The summed E-state index contributed by atoms with van der Waals surface area (Å²) in [4.78, 5) is 11.5. The molecule has 1 aliphatic rings. The van der Waals surface area contributed by atoms with Crippen LogP contribution in [0.25, 0.3) is 0 Å². The van der Waals surface area contributed by atoms with Crippen LogP contribution in [-0.4, -0.2) is 23.3 Å². The molecule has 4 heteroatoms. The fraction of sp³-hybridized carbons (Fsp3) is 0.909. The Kier molecular flexibility index (Phi) is 6.25. The maximum atomic E-state index is 11.5. The number of amides is 1. The second-order valence-electron chi connectivity index (χ2n) is 4.33. The van der Waals surface area contributed by atoms with Crippen LogP contribution < -0.4 is 11.1 Å². The molecule has 0 bridgehead atoms. The molecule has 1 fully saturated rings. The van der Waals surface area contributed by atoms with Crippen molar-refractivity contribution in [1.29, 1.82) is 0 Å². The van der Waals surface area contributed by atoms with Gasteiger partial charge in [0.05, 0.1) is 0 Å². The molecule has 0 unspecified atom stereocenters. The zero-order chi connectivity index (χ0) is 11.1. The number of nitrogens with one attached hydrogen (secondary N) is 1. The lowest BCUT2D eigenvalue weighted by molar-refractivity contribution is -0.122. The predicted octanol–water partition coefficient (Wildman–Crippen LogP) is 1.94. The Hall–Kier alpha value is -0.0900. The summed E-state index contributed by atoms with van der Waals surface area (Å²) in [5.41, 5.74) is 5.81. The van der Waals surface area contributed by atoms with Gasteiger partial charge in [-0.15, -0.1) is 0 Å². The van der Waals surface area contributed by atoms with Gasteiger partial charge in [0, 0.05) is 23.8 Å². The Bertz CT molecular complexity index is 191. The molecule has 0 heterocycles. The molecule has 1 amide bonds. The summed E-state index contributed by atoms with van der Waals surface area (Å²) in [5, 5.41) is 4.07. The fourth-order valence-corrected chi connectivity index (χ4v) is 2.34. The minimum absolute atomic E-state index is 0.205. The van der Waals surface area contributed by atoms with Crippen molar-refractivity contribution in [3.63, 3.8) is 0 Å². The second kappa shape index (κ2) is 7.23. The van der Waals surface area contributed by atoms with E-state index in [4.69, 9.17) is 5.73 Å². The average molecular weight is 277 g/mol. The van der Waals surface area contributed by atoms with Gasteiger partial charge in [-0.05, 0) is 38.5 Å². The SMILES string of the molecule is NC1CCC(NC(=O)CCCCBr)CC1. The third-order valence-corrected chi connectivity index (χ3v) is 3.49. The smallest absolute Gasteiger partial charge is 0.220 e. The number of halogens is 1. The predicted molar refractivity (Wildman–Crippen MR) is 66.0 cm³/mol. The van der Waals surface area contributed by atoms with Gasteiger partial charge in [0.25, 0.3) is 0 Å². The van der Waals surface area contributed by atoms with Crippen LogP contribution in [-0.2, 0) is 4.79 Å². The highest BCUT2D eigenvalue weighted by Crippen LogP contribution is 2.17. The summed E-state index contributed by atoms with van der Waals surface area (Å²) < 4.78 is 0. The minimum atomic E-state index is 0.205. The standard InChI is InChI=1S/C11H21BrN2O/c12-8-2-1-3-11(15)14-10-6-4-9(13)5-7-10/h9-10H,1-8,13H2,(H,14,15). The van der Waals surface area contributed by atoms with Crippen molar-refractivity contribution in [2.75, 3.05) is 5.33 Å². The van der Waals surface area contributed by atoms with Crippen molar-refractivity contribution in [3.05, 3.63) is 0 Å². The van der Waals surface area contributed by atoms with E-state index in [-0.39, 0.29) is 5.91 Å². The van der Waals surface area contributed by atoms with Crippen molar-refractivity contribution in [3.8, 4) is 0 Å². The van der Waals surface area contributed by atoms with E-state index in [9.17, 15) is 4.79 Å². The second-order valence-corrected chi connectivity index (χ2v) is 5.12. The Labute approximate surface area is 100 Å². The lowest BCUT2D eigenvalue weighted by Crippen LogP contribution is -2.40. The minimum Gasteiger partial charge on any atom is -0.353 e. The molecule has 3 nitrogen and oxygen atoms in total. The first-order chi connectivity index (χ1) is 7.22. The summed E-state index contributed by atoms with van der Waals surface area (Å²) >= 11 is 3.36. The third-order valence-electron chi connectivity index (χ3n) is 2.92. The van der Waals surface area contributed by atoms with Gasteiger partial charge in [-0.3, -0.25) is 4.79 Å². The van der Waals surface area contributed by atoms with Crippen LogP contribution in [0.1, 0.15) is 44.9 Å². The van der Waals surface area contributed by atoms with Crippen LogP contribution >= 0.6 is 15.9 Å². The Morgan fingerprint density at radius 1 is 1.27 bits per heavy atom. The average Bonchev–Trinajstić information content (AvgIpc) is 2.22. The van der Waals surface area contributed by atoms with E-state index in [1.807, 2.05) is 0 Å². The van der Waals surface area contributed by atoms with Gasteiger partial charge in [-0.25, -0.2) is 0 Å². The van der Waals surface area contributed by atoms with E-state index in [0.29, 0.717) is 18.5 Å². The monoisotopic (exact) mass is 276 g/mol. The third kappa shape index (κ3) is 5.52. The lowest BCUT2D eigenvalue weighted by atomic mass is 9.92. The summed E-state index contributed by atoms with van der Waals surface area (Å²) in [7, 11) is 0. The molecule has 1 aliphatic carbocycles. The van der Waals surface area contributed by atoms with Crippen LogP contribution in [0, 0.1) is 0 Å². The van der Waals surface area contributed by atoms with Gasteiger partial charge in [0.1, 0.15) is 0 Å². The molecular formula is C11H21BrN2O. The van der Waals surface area contributed by atoms with Crippen LogP contribution in [0.3, 0.4) is 0 Å². The van der Waals surface area contributed by atoms with Crippen LogP contribution in [0.5, 0.6) is 0 Å². The number of carbonyl (C=O) groups excluding carboxylic acids is 1. The van der Waals surface area contributed by atoms with Gasteiger partial charge in [-0.2, -0.15) is 0 Å². The topological polar surface area (TPSA) is 55.1 Å². The molecule has 0 aromatic heterocycles. The largest absolute Gasteiger partial charge is 0.353 e. The molecule has 3 N–H and O–H groups in total. The normalized spacial score (nSPS) is 26.3. The Balaban J connectivity index is 2.09. The quantitative estimate of drug-likeness (QED) is 0.596. The fourth-order valence-electron chi connectivity index (χ4n) is 1.94. The van der Waals surface area contributed by atoms with E-state index in [1.165, 1.54) is 0 Å². The van der Waals surface area contributed by atoms with E-state index in [0.717, 1.165) is 43.9 Å². The Morgan fingerprint density at radius 3 is 2.53 bits per heavy atom. The van der Waals surface area contributed by atoms with Crippen molar-refractivity contribution >= 4 is 21.8 Å². The summed E-state index contributed by atoms with van der Waals surface area (Å²) in [5.74, 6) is 0.205. The van der Waals surface area contributed by atoms with E-state index < -0.39 is 0 Å². The van der Waals surface area contributed by atoms with Gasteiger partial charge in [0.2, 0.25) is 5.91 Å². The molecule has 0 atom stereocenters. The zero-order valence-corrected chi connectivity index (χ0v) is 10.8. The number of hydrogen-bond donors (Lipinski definition) is 2. The van der Waals surface area contributed by atoms with Crippen LogP contribution in [0.15, 0.2) is 0 Å². The maximum Gasteiger partial charge on any atom is 0.220 e. The highest BCUT2D eigenvalue weighted by Gasteiger charge is 2.19. The van der Waals surface area contributed by atoms with Gasteiger partial charge in [-0.1, -0.05) is 15.9 Å². The first-order valence-corrected chi connectivity index (χ1v) is 6.95. The van der Waals surface area contributed by atoms with Gasteiger partial charge < -0.3 is 11.1 Å². The molecule has 1 saturated carbocycles. The van der Waals surface area contributed by atoms with Crippen LogP contribution in [0.4, 0.5) is 0 Å². The first-order valence-electron chi connectivity index (χ1n) is 5.83.